The van der Waals surface area contributed by atoms with Gasteiger partial charge in [-0.3, -0.25) is 4.79 Å². The number of anilines is 7. The molecule has 15 aromatic rings. The molecule has 0 spiro atoms. The van der Waals surface area contributed by atoms with Gasteiger partial charge in [-0.15, -0.1) is 76.5 Å². The van der Waals surface area contributed by atoms with Gasteiger partial charge in [-0.1, -0.05) is 152 Å². The summed E-state index contributed by atoms with van der Waals surface area (Å²) in [6.45, 7) is 16.9. The quantitative estimate of drug-likeness (QED) is 0.0809. The minimum Gasteiger partial charge on any atom is -0.396 e. The number of nitrogens with zero attached hydrogens (tertiary/aromatic N) is 27. The van der Waals surface area contributed by atoms with Gasteiger partial charge in [0.25, 0.3) is 11.7 Å². The number of aromatic nitrogens is 20. The van der Waals surface area contributed by atoms with E-state index in [-0.39, 0.29) is 36.0 Å². The van der Waals surface area contributed by atoms with Crippen molar-refractivity contribution < 1.29 is 9.59 Å². The minimum absolute atomic E-state index is 0.0821. The second-order valence-corrected chi connectivity index (χ2v) is 27.3. The molecule has 112 heavy (non-hydrogen) atoms. The zero-order chi connectivity index (χ0) is 79.4. The van der Waals surface area contributed by atoms with Crippen LogP contribution in [0.5, 0.6) is 0 Å². The molecule has 1 aliphatic rings. The van der Waals surface area contributed by atoms with E-state index in [1.54, 1.807) is 40.6 Å². The largest absolute Gasteiger partial charge is 0.396 e. The number of fused-ring (bicyclic) bond motifs is 5. The number of urea groups is 1. The highest BCUT2D eigenvalue weighted by atomic mass is 16.2. The van der Waals surface area contributed by atoms with E-state index in [4.69, 9.17) is 21.8 Å². The van der Waals surface area contributed by atoms with Crippen molar-refractivity contribution in [3.63, 3.8) is 0 Å². The summed E-state index contributed by atoms with van der Waals surface area (Å²) in [5, 5.41) is 74.9. The molecule has 16 rings (SSSR count). The van der Waals surface area contributed by atoms with E-state index in [0.717, 1.165) is 46.9 Å². The average molecular weight is 1500 g/mol. The Morgan fingerprint density at radius 3 is 1.36 bits per heavy atom. The Balaban J connectivity index is 0.000000130. The lowest BCUT2D eigenvalue weighted by molar-refractivity contribution is 0.100. The molecule has 5 atom stereocenters. The van der Waals surface area contributed by atoms with Gasteiger partial charge in [0.2, 0.25) is 11.3 Å². The molecule has 3 amide bonds. The molecule has 0 radical (unpaired) electrons. The van der Waals surface area contributed by atoms with Crippen LogP contribution in [0.2, 0.25) is 0 Å². The predicted octanol–water partition coefficient (Wildman–Crippen LogP) is 11.6. The number of carbonyl (C=O) groups is 2. The lowest BCUT2D eigenvalue weighted by Gasteiger charge is -2.27. The summed E-state index contributed by atoms with van der Waals surface area (Å²) >= 11 is 0. The van der Waals surface area contributed by atoms with Gasteiger partial charge < -0.3 is 46.2 Å². The fourth-order valence-corrected chi connectivity index (χ4v) is 12.7. The van der Waals surface area contributed by atoms with Gasteiger partial charge in [-0.05, 0) is 126 Å². The summed E-state index contributed by atoms with van der Waals surface area (Å²) in [6, 6.07) is 67.2. The van der Waals surface area contributed by atoms with Crippen LogP contribution >= 0.6 is 0 Å². The first kappa shape index (κ1) is 77.5. The van der Waals surface area contributed by atoms with Crippen LogP contribution in [0.3, 0.4) is 0 Å². The molecule has 5 aromatic carbocycles. The van der Waals surface area contributed by atoms with E-state index >= 15 is 0 Å². The summed E-state index contributed by atoms with van der Waals surface area (Å²) in [6.07, 6.45) is 2.37. The van der Waals surface area contributed by atoms with E-state index in [1.807, 2.05) is 174 Å². The van der Waals surface area contributed by atoms with Crippen molar-refractivity contribution in [2.45, 2.75) is 98.4 Å². The summed E-state index contributed by atoms with van der Waals surface area (Å²) in [5.74, 6) is 6.33. The standard InChI is InChI=1S/C18H23N7O.C16H18N6O.C16H17N5.C15H18N6.C15H14N6/c1-12(14-9-7-6-8-10-14)24(5)16-11-15(19-18(26)23(3)4)17-21-20-13(2)25(17)22-16;1-10(12-7-5-4-6-8-12)21(3)14-9-13(15(17)23)16-19-18-11(2)22(16)20-14;1-12-17-18-15-9-10-16(19-21(12)15)20-11-5-8-14(20)13-6-3-2-4-7-13;1-10(12-7-5-4-6-8-12)20(3)14-9-13(16)15-18-17-11(2)21(15)19-14;1-11(12-6-4-3-5-7-12)20(2)14-9-8-13-17-18-15(10-16)21(13)19-14/h6-12H,1-5H3,(H,19,26);4-10H,1-3H3,(H2,17,23);2-4,6-7,9-10,14H,5,8,11H2,1H3;4-10H,16H2,1-3H3;3-9,11H,1-2H3/t12-;10-;;10-;11-/m00.00/s1. The number of hydrogen-bond acceptors (Lipinski definition) is 24. The van der Waals surface area contributed by atoms with Crippen LogP contribution in [0, 0.1) is 39.0 Å². The molecular weight excluding hydrogens is 1410 g/mol. The number of hydrogen-bond donors (Lipinski definition) is 3. The highest BCUT2D eigenvalue weighted by molar-refractivity contribution is 5.99. The minimum atomic E-state index is -0.549. The van der Waals surface area contributed by atoms with Gasteiger partial charge in [0, 0.05) is 61.0 Å². The smallest absolute Gasteiger partial charge is 0.321 e. The van der Waals surface area contributed by atoms with E-state index in [0.29, 0.717) is 68.9 Å². The number of nitrogens with two attached hydrogens (primary N) is 2. The van der Waals surface area contributed by atoms with E-state index in [2.05, 4.69) is 203 Å². The maximum Gasteiger partial charge on any atom is 0.321 e. The van der Waals surface area contributed by atoms with Gasteiger partial charge >= 0.3 is 6.03 Å². The monoisotopic (exact) mass is 1500 g/mol. The molecule has 0 saturated carbocycles. The summed E-state index contributed by atoms with van der Waals surface area (Å²) in [5.41, 5.74) is 21.9. The van der Waals surface area contributed by atoms with Gasteiger partial charge in [-0.25, -0.2) is 4.79 Å². The molecule has 11 heterocycles. The second kappa shape index (κ2) is 34.4. The maximum atomic E-state index is 12.1. The molecule has 10 aromatic heterocycles. The van der Waals surface area contributed by atoms with Gasteiger partial charge in [0.1, 0.15) is 17.7 Å². The van der Waals surface area contributed by atoms with Crippen molar-refractivity contribution >= 4 is 80.6 Å². The van der Waals surface area contributed by atoms with E-state index in [1.165, 1.54) is 44.5 Å². The summed E-state index contributed by atoms with van der Waals surface area (Å²) in [7, 11) is 11.3. The number of primary amides is 1. The average Bonchev–Trinajstić information content (AvgIpc) is 1.62. The molecule has 1 saturated heterocycles. The number of rotatable bonds is 16. The number of aryl methyl sites for hydroxylation is 4. The summed E-state index contributed by atoms with van der Waals surface area (Å²) < 4.78 is 8.15. The Labute approximate surface area is 647 Å². The second-order valence-electron chi connectivity index (χ2n) is 27.3. The lowest BCUT2D eigenvalue weighted by Crippen LogP contribution is -2.28. The van der Waals surface area contributed by atoms with E-state index < -0.39 is 5.91 Å². The summed E-state index contributed by atoms with van der Waals surface area (Å²) in [4.78, 5) is 35.9. The maximum absolute atomic E-state index is 12.1. The number of nitrogens with one attached hydrogen (secondary N) is 1. The molecule has 5 N–H and O–H groups in total. The van der Waals surface area contributed by atoms with Crippen LogP contribution in [-0.4, -0.2) is 165 Å². The number of benzene rings is 5. The topological polar surface area (TPSA) is 357 Å². The number of nitrogen functional groups attached to an aromatic ring is 1. The lowest BCUT2D eigenvalue weighted by atomic mass is 10.0. The van der Waals surface area contributed by atoms with E-state index in [9.17, 15) is 9.59 Å². The third-order valence-corrected chi connectivity index (χ3v) is 19.9. The number of amides is 3. The Hall–Kier alpha value is -14.1. The van der Waals surface area contributed by atoms with Gasteiger partial charge in [-0.2, -0.15) is 27.8 Å². The molecular formula is C80H90N30O2. The Kier molecular flexibility index (Phi) is 23.8. The first-order valence-electron chi connectivity index (χ1n) is 36.4. The molecule has 32 heteroatoms. The normalized spacial score (nSPS) is 13.4. The molecule has 1 aliphatic heterocycles. The van der Waals surface area contributed by atoms with Crippen LogP contribution in [0.25, 0.3) is 28.2 Å². The fraction of sp³-hybridized carbons (Fsp3) is 0.275. The SMILES string of the molecule is C[C@@H](c1ccccc1)N(C)c1ccc2nnc(C#N)n2n1.Cc1nnc2c(C(N)=O)cc(N(C)[C@@H](C)c3ccccc3)nn12.Cc1nnc2c(N)cc(N(C)[C@@H](C)c3ccccc3)nn12.Cc1nnc2c(NC(=O)N(C)C)cc(N(C)[C@@H](C)c3ccccc3)nn12.Cc1nnc2ccc(N3CCCC3c3ccccc3)nn12. The van der Waals surface area contributed by atoms with Crippen molar-refractivity contribution in [3.05, 3.63) is 257 Å². The first-order valence-corrected chi connectivity index (χ1v) is 36.4. The van der Waals surface area contributed by atoms with Crippen molar-refractivity contribution in [1.82, 2.24) is 104 Å². The third kappa shape index (κ3) is 17.1. The van der Waals surface area contributed by atoms with Crippen molar-refractivity contribution in [1.29, 1.82) is 5.26 Å². The number of carbonyl (C=O) groups excluding carboxylic acids is 2. The zero-order valence-electron chi connectivity index (χ0n) is 65.0. The van der Waals surface area contributed by atoms with Crippen LogP contribution in [0.4, 0.5) is 45.3 Å². The van der Waals surface area contributed by atoms with Crippen LogP contribution in [0.15, 0.2) is 194 Å². The molecule has 0 bridgehead atoms. The van der Waals surface area contributed by atoms with Gasteiger partial charge in [0.05, 0.1) is 47.1 Å². The van der Waals surface area contributed by atoms with Crippen LogP contribution in [-0.2, 0) is 0 Å². The molecule has 572 valence electrons. The highest BCUT2D eigenvalue weighted by Gasteiger charge is 2.29. The Morgan fingerprint density at radius 1 is 0.455 bits per heavy atom. The number of nitriles is 1. The Bertz CT molecular complexity index is 5750. The molecule has 0 aliphatic carbocycles. The van der Waals surface area contributed by atoms with Crippen molar-refractivity contribution in [2.75, 3.05) is 84.4 Å². The van der Waals surface area contributed by atoms with Crippen molar-refractivity contribution in [2.24, 2.45) is 5.73 Å². The zero-order valence-corrected chi connectivity index (χ0v) is 65.0. The molecule has 32 nitrogen and oxygen atoms in total. The van der Waals surface area contributed by atoms with Crippen molar-refractivity contribution in [3.8, 4) is 6.07 Å². The Morgan fingerprint density at radius 2 is 0.857 bits per heavy atom. The van der Waals surface area contributed by atoms with Gasteiger partial charge in [0.15, 0.2) is 57.7 Å². The fourth-order valence-electron chi connectivity index (χ4n) is 12.7. The third-order valence-electron chi connectivity index (χ3n) is 19.9. The van der Waals surface area contributed by atoms with Crippen LogP contribution < -0.4 is 41.3 Å². The molecule has 1 fully saturated rings. The highest BCUT2D eigenvalue weighted by Crippen LogP contribution is 2.36. The molecule has 1 unspecified atom stereocenters. The predicted molar refractivity (Wildman–Crippen MR) is 432 cm³/mol. The van der Waals surface area contributed by atoms with Crippen LogP contribution in [0.1, 0.15) is 138 Å². The first-order chi connectivity index (χ1) is 54.0.